The Morgan fingerprint density at radius 3 is 2.83 bits per heavy atom. The van der Waals surface area contributed by atoms with Gasteiger partial charge in [-0.15, -0.1) is 0 Å². The van der Waals surface area contributed by atoms with Crippen LogP contribution in [0.2, 0.25) is 0 Å². The molecular formula is C15H20N2O. The van der Waals surface area contributed by atoms with Crippen molar-refractivity contribution in [2.24, 2.45) is 0 Å². The fraction of sp³-hybridized carbons (Fsp3) is 0.400. The number of hydrogen-bond acceptors (Lipinski definition) is 3. The maximum Gasteiger partial charge on any atom is 0.0705 e. The van der Waals surface area contributed by atoms with Crippen LogP contribution in [0.15, 0.2) is 36.4 Å². The molecule has 3 heteroatoms. The standard InChI is InChI=1S/C15H20N2O/c1-12(2)18-10-9-16-11-14-8-7-13-5-3-4-6-15(13)17-14/h3-8,12,16H,9-11H2,1-2H3. The minimum atomic E-state index is 0.297. The van der Waals surface area contributed by atoms with Crippen LogP contribution >= 0.6 is 0 Å². The first kappa shape index (κ1) is 13.0. The molecule has 0 aliphatic carbocycles. The minimum Gasteiger partial charge on any atom is -0.377 e. The quantitative estimate of drug-likeness (QED) is 0.793. The van der Waals surface area contributed by atoms with Crippen molar-refractivity contribution in [2.45, 2.75) is 26.5 Å². The highest BCUT2D eigenvalue weighted by atomic mass is 16.5. The second kappa shape index (κ2) is 6.47. The molecule has 0 atom stereocenters. The Kier molecular flexibility index (Phi) is 4.67. The molecule has 1 aromatic heterocycles. The number of benzene rings is 1. The molecular weight excluding hydrogens is 224 g/mol. The molecule has 1 heterocycles. The van der Waals surface area contributed by atoms with Gasteiger partial charge in [0.2, 0.25) is 0 Å². The van der Waals surface area contributed by atoms with Crippen LogP contribution in [0.5, 0.6) is 0 Å². The second-order valence-corrected chi connectivity index (χ2v) is 4.59. The van der Waals surface area contributed by atoms with Gasteiger partial charge < -0.3 is 10.1 Å². The number of hydrogen-bond donors (Lipinski definition) is 1. The molecule has 0 bridgehead atoms. The first-order valence-electron chi connectivity index (χ1n) is 6.42. The van der Waals surface area contributed by atoms with Crippen LogP contribution in [-0.4, -0.2) is 24.2 Å². The molecule has 0 aliphatic heterocycles. The molecule has 96 valence electrons. The van der Waals surface area contributed by atoms with Crippen LogP contribution in [0.1, 0.15) is 19.5 Å². The molecule has 0 unspecified atom stereocenters. The highest BCUT2D eigenvalue weighted by Gasteiger charge is 1.98. The molecule has 2 rings (SSSR count). The minimum absolute atomic E-state index is 0.297. The summed E-state index contributed by atoms with van der Waals surface area (Å²) in [5.41, 5.74) is 2.12. The molecule has 3 nitrogen and oxygen atoms in total. The number of para-hydroxylation sites is 1. The number of aromatic nitrogens is 1. The first-order chi connectivity index (χ1) is 8.75. The summed E-state index contributed by atoms with van der Waals surface area (Å²) in [4.78, 5) is 4.60. The van der Waals surface area contributed by atoms with E-state index in [1.54, 1.807) is 0 Å². The van der Waals surface area contributed by atoms with Gasteiger partial charge in [0.25, 0.3) is 0 Å². The monoisotopic (exact) mass is 244 g/mol. The molecule has 0 aliphatic rings. The maximum absolute atomic E-state index is 5.47. The Morgan fingerprint density at radius 1 is 1.17 bits per heavy atom. The molecule has 0 fully saturated rings. The summed E-state index contributed by atoms with van der Waals surface area (Å²) in [6, 6.07) is 12.4. The molecule has 0 saturated carbocycles. The van der Waals surface area contributed by atoms with Crippen LogP contribution in [0, 0.1) is 0 Å². The van der Waals surface area contributed by atoms with Gasteiger partial charge in [-0.05, 0) is 26.0 Å². The molecule has 1 aromatic carbocycles. The Labute approximate surface area is 108 Å². The number of nitrogens with one attached hydrogen (secondary N) is 1. The van der Waals surface area contributed by atoms with E-state index in [0.717, 1.165) is 30.9 Å². The predicted molar refractivity (Wildman–Crippen MR) is 74.5 cm³/mol. The smallest absolute Gasteiger partial charge is 0.0705 e. The Hall–Kier alpha value is -1.45. The van der Waals surface area contributed by atoms with Gasteiger partial charge in [0.1, 0.15) is 0 Å². The van der Waals surface area contributed by atoms with Crippen molar-refractivity contribution in [3.05, 3.63) is 42.1 Å². The van der Waals surface area contributed by atoms with Crippen molar-refractivity contribution < 1.29 is 4.74 Å². The normalized spacial score (nSPS) is 11.3. The van der Waals surface area contributed by atoms with Gasteiger partial charge in [0, 0.05) is 18.5 Å². The predicted octanol–water partition coefficient (Wildman–Crippen LogP) is 2.75. The van der Waals surface area contributed by atoms with Crippen molar-refractivity contribution in [3.8, 4) is 0 Å². The van der Waals surface area contributed by atoms with Gasteiger partial charge in [-0.1, -0.05) is 24.3 Å². The average molecular weight is 244 g/mol. The molecule has 0 amide bonds. The summed E-state index contributed by atoms with van der Waals surface area (Å²) in [6.07, 6.45) is 0.297. The van der Waals surface area contributed by atoms with E-state index in [9.17, 15) is 0 Å². The topological polar surface area (TPSA) is 34.1 Å². The van der Waals surface area contributed by atoms with E-state index in [1.165, 1.54) is 5.39 Å². The third-order valence-corrected chi connectivity index (χ3v) is 2.69. The van der Waals surface area contributed by atoms with Crippen molar-refractivity contribution in [1.82, 2.24) is 10.3 Å². The fourth-order valence-electron chi connectivity index (χ4n) is 1.79. The van der Waals surface area contributed by atoms with Gasteiger partial charge in [-0.3, -0.25) is 4.98 Å². The van der Waals surface area contributed by atoms with Crippen LogP contribution < -0.4 is 5.32 Å². The third-order valence-electron chi connectivity index (χ3n) is 2.69. The largest absolute Gasteiger partial charge is 0.377 e. The summed E-state index contributed by atoms with van der Waals surface area (Å²) < 4.78 is 5.47. The van der Waals surface area contributed by atoms with E-state index in [-0.39, 0.29) is 0 Å². The van der Waals surface area contributed by atoms with Crippen molar-refractivity contribution >= 4 is 10.9 Å². The molecule has 1 N–H and O–H groups in total. The van der Waals surface area contributed by atoms with E-state index in [2.05, 4.69) is 28.5 Å². The van der Waals surface area contributed by atoms with Crippen LogP contribution in [0.4, 0.5) is 0 Å². The number of pyridine rings is 1. The number of rotatable bonds is 6. The number of nitrogens with zero attached hydrogens (tertiary/aromatic N) is 1. The highest BCUT2D eigenvalue weighted by molar-refractivity contribution is 5.78. The van der Waals surface area contributed by atoms with E-state index in [4.69, 9.17) is 4.74 Å². The van der Waals surface area contributed by atoms with Crippen molar-refractivity contribution in [2.75, 3.05) is 13.2 Å². The zero-order chi connectivity index (χ0) is 12.8. The van der Waals surface area contributed by atoms with Crippen molar-refractivity contribution in [1.29, 1.82) is 0 Å². The van der Waals surface area contributed by atoms with Gasteiger partial charge >= 0.3 is 0 Å². The summed E-state index contributed by atoms with van der Waals surface area (Å²) in [6.45, 7) is 6.47. The summed E-state index contributed by atoms with van der Waals surface area (Å²) in [7, 11) is 0. The zero-order valence-corrected chi connectivity index (χ0v) is 11.0. The summed E-state index contributed by atoms with van der Waals surface area (Å²) in [5.74, 6) is 0. The molecule has 0 spiro atoms. The zero-order valence-electron chi connectivity index (χ0n) is 11.0. The summed E-state index contributed by atoms with van der Waals surface area (Å²) in [5, 5.41) is 4.52. The first-order valence-corrected chi connectivity index (χ1v) is 6.42. The molecule has 0 radical (unpaired) electrons. The van der Waals surface area contributed by atoms with Gasteiger partial charge in [-0.2, -0.15) is 0 Å². The SMILES string of the molecule is CC(C)OCCNCc1ccc2ccccc2n1. The number of fused-ring (bicyclic) bond motifs is 1. The fourth-order valence-corrected chi connectivity index (χ4v) is 1.79. The third kappa shape index (κ3) is 3.79. The molecule has 2 aromatic rings. The van der Waals surface area contributed by atoms with E-state index >= 15 is 0 Å². The van der Waals surface area contributed by atoms with Gasteiger partial charge in [0.05, 0.1) is 23.9 Å². The molecule has 18 heavy (non-hydrogen) atoms. The lowest BCUT2D eigenvalue weighted by Gasteiger charge is -2.08. The van der Waals surface area contributed by atoms with Gasteiger partial charge in [-0.25, -0.2) is 0 Å². The Morgan fingerprint density at radius 2 is 2.00 bits per heavy atom. The van der Waals surface area contributed by atoms with E-state index in [0.29, 0.717) is 6.10 Å². The lowest BCUT2D eigenvalue weighted by Crippen LogP contribution is -2.21. The van der Waals surface area contributed by atoms with Crippen LogP contribution in [0.3, 0.4) is 0 Å². The molecule has 0 saturated heterocycles. The Bertz CT molecular complexity index is 497. The highest BCUT2D eigenvalue weighted by Crippen LogP contribution is 2.11. The lowest BCUT2D eigenvalue weighted by molar-refractivity contribution is 0.0807. The van der Waals surface area contributed by atoms with Crippen LogP contribution in [0.25, 0.3) is 10.9 Å². The Balaban J connectivity index is 1.84. The van der Waals surface area contributed by atoms with E-state index < -0.39 is 0 Å². The average Bonchev–Trinajstić information content (AvgIpc) is 2.38. The lowest BCUT2D eigenvalue weighted by atomic mass is 10.2. The van der Waals surface area contributed by atoms with Gasteiger partial charge in [0.15, 0.2) is 0 Å². The van der Waals surface area contributed by atoms with Crippen LogP contribution in [-0.2, 0) is 11.3 Å². The van der Waals surface area contributed by atoms with E-state index in [1.807, 2.05) is 32.0 Å². The number of ether oxygens (including phenoxy) is 1. The second-order valence-electron chi connectivity index (χ2n) is 4.59. The van der Waals surface area contributed by atoms with Crippen molar-refractivity contribution in [3.63, 3.8) is 0 Å². The maximum atomic E-state index is 5.47. The summed E-state index contributed by atoms with van der Waals surface area (Å²) >= 11 is 0.